The van der Waals surface area contributed by atoms with Crippen LogP contribution in [0, 0.1) is 5.92 Å². The minimum atomic E-state index is -5.93. The van der Waals surface area contributed by atoms with Crippen LogP contribution in [0.3, 0.4) is 0 Å². The van der Waals surface area contributed by atoms with E-state index in [1.165, 1.54) is 0 Å². The van der Waals surface area contributed by atoms with Crippen LogP contribution < -0.4 is 5.32 Å². The molecule has 0 aromatic heterocycles. The first-order valence-corrected chi connectivity index (χ1v) is 4.63. The molecular formula is C8H9F6NO4. The summed E-state index contributed by atoms with van der Waals surface area (Å²) in [7, 11) is 0. The van der Waals surface area contributed by atoms with Crippen LogP contribution in [0.5, 0.6) is 0 Å². The molecule has 3 N–H and O–H groups in total. The maximum Gasteiger partial charge on any atom is 0.409 e. The highest BCUT2D eigenvalue weighted by molar-refractivity contribution is 5.86. The maximum absolute atomic E-state index is 12.1. The fourth-order valence-electron chi connectivity index (χ4n) is 1.11. The van der Waals surface area contributed by atoms with Gasteiger partial charge in [0.25, 0.3) is 0 Å². The SMILES string of the molecule is CC(O)C(NC(=O)C(C(F)(F)F)C(F)(F)F)C(=O)O. The lowest BCUT2D eigenvalue weighted by Crippen LogP contribution is -2.55. The van der Waals surface area contributed by atoms with Crippen LogP contribution in [0.25, 0.3) is 0 Å². The van der Waals surface area contributed by atoms with Gasteiger partial charge in [-0.2, -0.15) is 26.3 Å². The predicted molar refractivity (Wildman–Crippen MR) is 46.8 cm³/mol. The Kier molecular flexibility index (Phi) is 5.18. The van der Waals surface area contributed by atoms with E-state index in [0.717, 1.165) is 12.2 Å². The molecule has 0 spiro atoms. The molecule has 0 fully saturated rings. The Morgan fingerprint density at radius 1 is 1.05 bits per heavy atom. The zero-order chi connectivity index (χ0) is 15.6. The Labute approximate surface area is 102 Å². The zero-order valence-electron chi connectivity index (χ0n) is 9.21. The Bertz CT molecular complexity index is 336. The second-order valence-electron chi connectivity index (χ2n) is 3.58. The molecule has 0 rings (SSSR count). The second-order valence-corrected chi connectivity index (χ2v) is 3.58. The molecule has 1 amide bonds. The van der Waals surface area contributed by atoms with E-state index in [-0.39, 0.29) is 0 Å². The molecule has 0 aliphatic heterocycles. The molecule has 0 heterocycles. The summed E-state index contributed by atoms with van der Waals surface area (Å²) >= 11 is 0. The number of rotatable bonds is 4. The molecule has 2 atom stereocenters. The number of aliphatic carboxylic acids is 1. The Morgan fingerprint density at radius 3 is 1.63 bits per heavy atom. The summed E-state index contributed by atoms with van der Waals surface area (Å²) in [4.78, 5) is 21.4. The average Bonchev–Trinajstić information content (AvgIpc) is 2.07. The summed E-state index contributed by atoms with van der Waals surface area (Å²) in [6.45, 7) is 0.787. The van der Waals surface area contributed by atoms with Crippen molar-refractivity contribution in [2.24, 2.45) is 5.92 Å². The third kappa shape index (κ3) is 4.93. The average molecular weight is 297 g/mol. The van der Waals surface area contributed by atoms with Crippen molar-refractivity contribution in [2.45, 2.75) is 31.4 Å². The smallest absolute Gasteiger partial charge is 0.409 e. The van der Waals surface area contributed by atoms with Gasteiger partial charge in [-0.15, -0.1) is 0 Å². The third-order valence-corrected chi connectivity index (χ3v) is 1.96. The number of aliphatic hydroxyl groups excluding tert-OH is 1. The van der Waals surface area contributed by atoms with Gasteiger partial charge in [-0.05, 0) is 6.92 Å². The molecule has 19 heavy (non-hydrogen) atoms. The third-order valence-electron chi connectivity index (χ3n) is 1.96. The Morgan fingerprint density at radius 2 is 1.42 bits per heavy atom. The number of hydrogen-bond acceptors (Lipinski definition) is 3. The minimum Gasteiger partial charge on any atom is -0.480 e. The van der Waals surface area contributed by atoms with Crippen LogP contribution in [-0.2, 0) is 9.59 Å². The van der Waals surface area contributed by atoms with Gasteiger partial charge in [0, 0.05) is 0 Å². The number of aliphatic hydroxyl groups is 1. The summed E-state index contributed by atoms with van der Waals surface area (Å²) < 4.78 is 72.8. The van der Waals surface area contributed by atoms with E-state index in [1.807, 2.05) is 0 Å². The van der Waals surface area contributed by atoms with Crippen molar-refractivity contribution in [3.63, 3.8) is 0 Å². The predicted octanol–water partition coefficient (Wildman–Crippen LogP) is 0.677. The Balaban J connectivity index is 5.20. The number of carbonyl (C=O) groups excluding carboxylic acids is 1. The van der Waals surface area contributed by atoms with E-state index < -0.39 is 42.3 Å². The van der Waals surface area contributed by atoms with E-state index in [0.29, 0.717) is 0 Å². The van der Waals surface area contributed by atoms with Crippen molar-refractivity contribution in [3.8, 4) is 0 Å². The van der Waals surface area contributed by atoms with Gasteiger partial charge in [-0.25, -0.2) is 4.79 Å². The first-order valence-electron chi connectivity index (χ1n) is 4.63. The van der Waals surface area contributed by atoms with Gasteiger partial charge in [0.2, 0.25) is 11.8 Å². The van der Waals surface area contributed by atoms with Gasteiger partial charge in [0.05, 0.1) is 6.10 Å². The number of carbonyl (C=O) groups is 2. The summed E-state index contributed by atoms with van der Waals surface area (Å²) in [6, 6.07) is -2.28. The highest BCUT2D eigenvalue weighted by atomic mass is 19.4. The fraction of sp³-hybridized carbons (Fsp3) is 0.750. The van der Waals surface area contributed by atoms with Gasteiger partial charge in [-0.1, -0.05) is 0 Å². The van der Waals surface area contributed by atoms with Crippen molar-refractivity contribution in [1.82, 2.24) is 5.32 Å². The first kappa shape index (κ1) is 17.5. The van der Waals surface area contributed by atoms with Crippen LogP contribution in [0.1, 0.15) is 6.92 Å². The van der Waals surface area contributed by atoms with Gasteiger partial charge >= 0.3 is 18.3 Å². The lowest BCUT2D eigenvalue weighted by molar-refractivity contribution is -0.274. The molecule has 0 aliphatic rings. The molecule has 112 valence electrons. The number of hydrogen-bond donors (Lipinski definition) is 3. The summed E-state index contributed by atoms with van der Waals surface area (Å²) in [5, 5.41) is 18.3. The molecule has 0 aromatic rings. The highest BCUT2D eigenvalue weighted by Crippen LogP contribution is 2.39. The van der Waals surface area contributed by atoms with Gasteiger partial charge < -0.3 is 15.5 Å². The van der Waals surface area contributed by atoms with E-state index in [4.69, 9.17) is 10.2 Å². The van der Waals surface area contributed by atoms with Crippen LogP contribution in [-0.4, -0.2) is 46.6 Å². The van der Waals surface area contributed by atoms with Crippen molar-refractivity contribution in [3.05, 3.63) is 0 Å². The zero-order valence-corrected chi connectivity index (χ0v) is 9.21. The largest absolute Gasteiger partial charge is 0.480 e. The van der Waals surface area contributed by atoms with Crippen molar-refractivity contribution < 1.29 is 46.1 Å². The number of amides is 1. The van der Waals surface area contributed by atoms with E-state index >= 15 is 0 Å². The highest BCUT2D eigenvalue weighted by Gasteiger charge is 2.61. The fourth-order valence-corrected chi connectivity index (χ4v) is 1.11. The lowest BCUT2D eigenvalue weighted by atomic mass is 10.1. The minimum absolute atomic E-state index is 0.787. The quantitative estimate of drug-likeness (QED) is 0.666. The molecule has 0 bridgehead atoms. The van der Waals surface area contributed by atoms with Crippen LogP contribution >= 0.6 is 0 Å². The van der Waals surface area contributed by atoms with Crippen LogP contribution in [0.2, 0.25) is 0 Å². The topological polar surface area (TPSA) is 86.6 Å². The molecule has 2 unspecified atom stereocenters. The van der Waals surface area contributed by atoms with Gasteiger partial charge in [0.15, 0.2) is 6.04 Å². The summed E-state index contributed by atoms with van der Waals surface area (Å²) in [5.41, 5.74) is 0. The normalized spacial score (nSPS) is 16.1. The molecule has 0 saturated heterocycles. The molecular weight excluding hydrogens is 288 g/mol. The lowest BCUT2D eigenvalue weighted by Gasteiger charge is -2.24. The van der Waals surface area contributed by atoms with Crippen molar-refractivity contribution in [1.29, 1.82) is 0 Å². The van der Waals surface area contributed by atoms with E-state index in [9.17, 15) is 35.9 Å². The number of nitrogens with one attached hydrogen (secondary N) is 1. The van der Waals surface area contributed by atoms with Crippen LogP contribution in [0.15, 0.2) is 0 Å². The van der Waals surface area contributed by atoms with Crippen molar-refractivity contribution >= 4 is 11.9 Å². The first-order chi connectivity index (χ1) is 8.28. The second kappa shape index (κ2) is 5.63. The molecule has 0 saturated carbocycles. The summed E-state index contributed by atoms with van der Waals surface area (Å²) in [6.07, 6.45) is -13.7. The number of carboxylic acid groups (broad SMARTS) is 1. The van der Waals surface area contributed by atoms with Crippen LogP contribution in [0.4, 0.5) is 26.3 Å². The number of alkyl halides is 6. The molecule has 0 radical (unpaired) electrons. The number of carboxylic acids is 1. The van der Waals surface area contributed by atoms with E-state index in [1.54, 1.807) is 0 Å². The molecule has 0 aromatic carbocycles. The van der Waals surface area contributed by atoms with E-state index in [2.05, 4.69) is 0 Å². The summed E-state index contributed by atoms with van der Waals surface area (Å²) in [5.74, 6) is -8.92. The molecule has 11 heteroatoms. The standard InChI is InChI=1S/C8H9F6NO4/c1-2(16)3(6(18)19)15-5(17)4(7(9,10)11)8(12,13)14/h2-4,16H,1H3,(H,15,17)(H,18,19). The number of halogens is 6. The van der Waals surface area contributed by atoms with Gasteiger partial charge in [-0.3, -0.25) is 4.79 Å². The van der Waals surface area contributed by atoms with Gasteiger partial charge in [0.1, 0.15) is 0 Å². The Hall–Kier alpha value is -1.52. The maximum atomic E-state index is 12.1. The van der Waals surface area contributed by atoms with Crippen molar-refractivity contribution in [2.75, 3.05) is 0 Å². The molecule has 0 aliphatic carbocycles. The molecule has 5 nitrogen and oxygen atoms in total. The monoisotopic (exact) mass is 297 g/mol.